The Morgan fingerprint density at radius 3 is 2.40 bits per heavy atom. The van der Waals surface area contributed by atoms with E-state index >= 15 is 0 Å². The summed E-state index contributed by atoms with van der Waals surface area (Å²) in [6.45, 7) is 3.74. The first-order valence-electron chi connectivity index (χ1n) is 6.37. The molecule has 20 heavy (non-hydrogen) atoms. The third kappa shape index (κ3) is 7.38. The van der Waals surface area contributed by atoms with Crippen LogP contribution in [0.15, 0.2) is 30.3 Å². The zero-order valence-corrected chi connectivity index (χ0v) is 11.8. The Labute approximate surface area is 118 Å². The minimum absolute atomic E-state index is 0.0902. The molecule has 0 saturated heterocycles. The van der Waals surface area contributed by atoms with Crippen molar-refractivity contribution >= 4 is 11.8 Å². The maximum absolute atomic E-state index is 11.5. The standard InChI is InChI=1S/C14H21N3O3/c1-14(2,15)10-17-12(18)8-16-13(19)9-20-11-6-4-3-5-7-11/h3-7H,8-10,15H2,1-2H3,(H,16,19)(H,17,18). The highest BCUT2D eigenvalue weighted by Crippen LogP contribution is 2.07. The second kappa shape index (κ2) is 7.49. The van der Waals surface area contributed by atoms with Gasteiger partial charge in [0, 0.05) is 12.1 Å². The van der Waals surface area contributed by atoms with Gasteiger partial charge in [-0.2, -0.15) is 0 Å². The van der Waals surface area contributed by atoms with Crippen LogP contribution in [-0.2, 0) is 9.59 Å². The van der Waals surface area contributed by atoms with Crippen molar-refractivity contribution in [3.8, 4) is 5.75 Å². The number of nitrogens with one attached hydrogen (secondary N) is 2. The number of ether oxygens (including phenoxy) is 1. The smallest absolute Gasteiger partial charge is 0.258 e. The van der Waals surface area contributed by atoms with Crippen LogP contribution >= 0.6 is 0 Å². The first-order valence-corrected chi connectivity index (χ1v) is 6.37. The van der Waals surface area contributed by atoms with Gasteiger partial charge in [0.2, 0.25) is 5.91 Å². The molecule has 110 valence electrons. The molecule has 0 radical (unpaired) electrons. The third-order valence-corrected chi connectivity index (χ3v) is 2.30. The summed E-state index contributed by atoms with van der Waals surface area (Å²) in [4.78, 5) is 22.9. The van der Waals surface area contributed by atoms with Crippen molar-refractivity contribution in [3.05, 3.63) is 30.3 Å². The Bertz CT molecular complexity index is 441. The number of hydrogen-bond donors (Lipinski definition) is 3. The summed E-state index contributed by atoms with van der Waals surface area (Å²) < 4.78 is 5.25. The first kappa shape index (κ1) is 16.0. The minimum atomic E-state index is -0.476. The first-order chi connectivity index (χ1) is 9.37. The molecule has 2 amide bonds. The maximum Gasteiger partial charge on any atom is 0.258 e. The fraction of sp³-hybridized carbons (Fsp3) is 0.429. The summed E-state index contributed by atoms with van der Waals surface area (Å²) in [7, 11) is 0. The van der Waals surface area contributed by atoms with Crippen molar-refractivity contribution in [1.82, 2.24) is 10.6 Å². The number of para-hydroxylation sites is 1. The van der Waals surface area contributed by atoms with Crippen LogP contribution in [-0.4, -0.2) is 37.0 Å². The topological polar surface area (TPSA) is 93.5 Å². The van der Waals surface area contributed by atoms with Crippen LogP contribution in [0.4, 0.5) is 0 Å². The van der Waals surface area contributed by atoms with Gasteiger partial charge in [-0.05, 0) is 26.0 Å². The van der Waals surface area contributed by atoms with E-state index in [1.807, 2.05) is 18.2 Å². The summed E-state index contributed by atoms with van der Waals surface area (Å²) in [6, 6.07) is 8.99. The molecule has 6 heteroatoms. The molecule has 1 aromatic rings. The number of hydrogen-bond acceptors (Lipinski definition) is 4. The highest BCUT2D eigenvalue weighted by atomic mass is 16.5. The zero-order valence-electron chi connectivity index (χ0n) is 11.8. The lowest BCUT2D eigenvalue weighted by atomic mass is 10.1. The molecule has 0 aliphatic heterocycles. The minimum Gasteiger partial charge on any atom is -0.484 e. The second-order valence-electron chi connectivity index (χ2n) is 5.14. The molecule has 6 nitrogen and oxygen atoms in total. The molecule has 0 saturated carbocycles. The monoisotopic (exact) mass is 279 g/mol. The predicted molar refractivity (Wildman–Crippen MR) is 76.2 cm³/mol. The van der Waals surface area contributed by atoms with Gasteiger partial charge < -0.3 is 21.1 Å². The highest BCUT2D eigenvalue weighted by molar-refractivity contribution is 5.85. The number of nitrogens with two attached hydrogens (primary N) is 1. The largest absolute Gasteiger partial charge is 0.484 e. The molecular formula is C14H21N3O3. The Morgan fingerprint density at radius 2 is 1.80 bits per heavy atom. The Morgan fingerprint density at radius 1 is 1.15 bits per heavy atom. The fourth-order valence-electron chi connectivity index (χ4n) is 1.28. The highest BCUT2D eigenvalue weighted by Gasteiger charge is 2.12. The molecule has 0 unspecified atom stereocenters. The van der Waals surface area contributed by atoms with Gasteiger partial charge in [-0.3, -0.25) is 9.59 Å². The summed E-state index contributed by atoms with van der Waals surface area (Å²) >= 11 is 0. The lowest BCUT2D eigenvalue weighted by molar-refractivity contribution is -0.127. The van der Waals surface area contributed by atoms with E-state index in [0.717, 1.165) is 0 Å². The van der Waals surface area contributed by atoms with Crippen molar-refractivity contribution in [2.75, 3.05) is 19.7 Å². The van der Waals surface area contributed by atoms with E-state index in [2.05, 4.69) is 10.6 Å². The normalized spacial score (nSPS) is 10.8. The van der Waals surface area contributed by atoms with Crippen LogP contribution in [0.1, 0.15) is 13.8 Å². The summed E-state index contributed by atoms with van der Waals surface area (Å²) in [5.74, 6) is -0.0235. The van der Waals surface area contributed by atoms with Crippen LogP contribution in [0.3, 0.4) is 0 Å². The molecule has 0 bridgehead atoms. The molecule has 4 N–H and O–H groups in total. The predicted octanol–water partition coefficient (Wildman–Crippen LogP) is 0.0351. The lowest BCUT2D eigenvalue weighted by Gasteiger charge is -2.18. The van der Waals surface area contributed by atoms with E-state index in [9.17, 15) is 9.59 Å². The van der Waals surface area contributed by atoms with Crippen LogP contribution in [0, 0.1) is 0 Å². The van der Waals surface area contributed by atoms with Gasteiger partial charge in [-0.25, -0.2) is 0 Å². The van der Waals surface area contributed by atoms with Gasteiger partial charge in [0.1, 0.15) is 5.75 Å². The van der Waals surface area contributed by atoms with Crippen molar-refractivity contribution in [2.45, 2.75) is 19.4 Å². The van der Waals surface area contributed by atoms with Crippen LogP contribution in [0.25, 0.3) is 0 Å². The van der Waals surface area contributed by atoms with Gasteiger partial charge in [0.05, 0.1) is 6.54 Å². The molecule has 0 fully saturated rings. The number of carbonyl (C=O) groups is 2. The van der Waals surface area contributed by atoms with E-state index in [1.165, 1.54) is 0 Å². The van der Waals surface area contributed by atoms with Gasteiger partial charge in [-0.1, -0.05) is 18.2 Å². The molecule has 0 heterocycles. The Kier molecular flexibility index (Phi) is 5.99. The number of rotatable bonds is 7. The SMILES string of the molecule is CC(C)(N)CNC(=O)CNC(=O)COc1ccccc1. The van der Waals surface area contributed by atoms with Crippen LogP contribution in [0.2, 0.25) is 0 Å². The average molecular weight is 279 g/mol. The third-order valence-electron chi connectivity index (χ3n) is 2.30. The van der Waals surface area contributed by atoms with Gasteiger partial charge in [0.25, 0.3) is 5.91 Å². The molecule has 1 aromatic carbocycles. The van der Waals surface area contributed by atoms with Crippen molar-refractivity contribution < 1.29 is 14.3 Å². The fourth-order valence-corrected chi connectivity index (χ4v) is 1.28. The Hall–Kier alpha value is -2.08. The number of carbonyl (C=O) groups excluding carboxylic acids is 2. The molecule has 0 aromatic heterocycles. The van der Waals surface area contributed by atoms with Crippen LogP contribution in [0.5, 0.6) is 5.75 Å². The zero-order chi connectivity index (χ0) is 15.0. The van der Waals surface area contributed by atoms with E-state index < -0.39 is 5.54 Å². The molecular weight excluding hydrogens is 258 g/mol. The van der Waals surface area contributed by atoms with E-state index in [-0.39, 0.29) is 25.0 Å². The van der Waals surface area contributed by atoms with Gasteiger partial charge in [0.15, 0.2) is 6.61 Å². The number of amides is 2. The van der Waals surface area contributed by atoms with E-state index in [4.69, 9.17) is 10.5 Å². The molecule has 0 atom stereocenters. The molecule has 1 rings (SSSR count). The summed E-state index contributed by atoms with van der Waals surface area (Å²) in [5, 5.41) is 5.10. The summed E-state index contributed by atoms with van der Waals surface area (Å²) in [5.41, 5.74) is 5.25. The number of benzene rings is 1. The molecule has 0 aliphatic carbocycles. The second-order valence-corrected chi connectivity index (χ2v) is 5.14. The Balaban J connectivity index is 2.18. The van der Waals surface area contributed by atoms with Crippen molar-refractivity contribution in [2.24, 2.45) is 5.73 Å². The quantitative estimate of drug-likeness (QED) is 0.656. The van der Waals surface area contributed by atoms with Gasteiger partial charge in [-0.15, -0.1) is 0 Å². The van der Waals surface area contributed by atoms with E-state index in [0.29, 0.717) is 12.3 Å². The summed E-state index contributed by atoms with van der Waals surface area (Å²) in [6.07, 6.45) is 0. The van der Waals surface area contributed by atoms with Gasteiger partial charge >= 0.3 is 0 Å². The van der Waals surface area contributed by atoms with E-state index in [1.54, 1.807) is 26.0 Å². The lowest BCUT2D eigenvalue weighted by Crippen LogP contribution is -2.47. The van der Waals surface area contributed by atoms with Crippen molar-refractivity contribution in [1.29, 1.82) is 0 Å². The molecule has 0 aliphatic rings. The average Bonchev–Trinajstić information content (AvgIpc) is 2.41. The van der Waals surface area contributed by atoms with Crippen LogP contribution < -0.4 is 21.1 Å². The maximum atomic E-state index is 11.5. The molecule has 0 spiro atoms. The van der Waals surface area contributed by atoms with Crippen molar-refractivity contribution in [3.63, 3.8) is 0 Å².